The Labute approximate surface area is 193 Å². The fourth-order valence-electron chi connectivity index (χ4n) is 4.67. The van der Waals surface area contributed by atoms with E-state index in [0.29, 0.717) is 44.5 Å². The summed E-state index contributed by atoms with van der Waals surface area (Å²) in [5, 5.41) is 8.10. The van der Waals surface area contributed by atoms with Crippen molar-refractivity contribution in [3.05, 3.63) is 0 Å². The molecule has 0 bridgehead atoms. The molecule has 0 aromatic heterocycles. The number of nitrogens with one attached hydrogen (secondary N) is 3. The molecule has 32 heavy (non-hydrogen) atoms. The van der Waals surface area contributed by atoms with Gasteiger partial charge in [0.15, 0.2) is 0 Å². The van der Waals surface area contributed by atoms with Crippen LogP contribution in [-0.2, 0) is 24.0 Å². The van der Waals surface area contributed by atoms with E-state index in [4.69, 9.17) is 0 Å². The third-order valence-electron chi connectivity index (χ3n) is 6.37. The number of hydrogen-bond donors (Lipinski definition) is 4. The second-order valence-electron chi connectivity index (χ2n) is 8.95. The van der Waals surface area contributed by atoms with Crippen molar-refractivity contribution >= 4 is 42.2 Å². The molecule has 3 rings (SSSR count). The van der Waals surface area contributed by atoms with E-state index in [1.165, 1.54) is 4.90 Å². The third kappa shape index (κ3) is 5.19. The van der Waals surface area contributed by atoms with Gasteiger partial charge in [-0.3, -0.25) is 24.0 Å². The van der Waals surface area contributed by atoms with Crippen molar-refractivity contribution in [1.82, 2.24) is 25.8 Å². The molecule has 3 N–H and O–H groups in total. The van der Waals surface area contributed by atoms with Crippen LogP contribution in [0.25, 0.3) is 0 Å². The Kier molecular flexibility index (Phi) is 8.02. The standard InChI is InChI=1S/C21H33N5O5S/c1-12(2)17-20(30)23-13(18(28)22-7-10-32)11-16(27)25-8-4-6-15(25)21(31)26-9-3-5-14(26)19(29)24-17/h12-15,17,32H,3-11H2,1-2H3,(H,22,28)(H,23,30)(H,24,29)/t13-,14-,15+,17+/m1/s1. The number of nitrogens with zero attached hydrogens (tertiary/aromatic N) is 2. The summed E-state index contributed by atoms with van der Waals surface area (Å²) in [5.74, 6) is -1.84. The maximum absolute atomic E-state index is 13.3. The quantitative estimate of drug-likeness (QED) is 0.396. The predicted octanol–water partition coefficient (Wildman–Crippen LogP) is -0.956. The average molecular weight is 468 g/mol. The minimum Gasteiger partial charge on any atom is -0.353 e. The van der Waals surface area contributed by atoms with Crippen LogP contribution in [0.1, 0.15) is 46.0 Å². The molecule has 0 saturated carbocycles. The lowest BCUT2D eigenvalue weighted by atomic mass is 10.0. The smallest absolute Gasteiger partial charge is 0.246 e. The topological polar surface area (TPSA) is 128 Å². The van der Waals surface area contributed by atoms with E-state index in [-0.39, 0.29) is 36.6 Å². The molecule has 5 amide bonds. The van der Waals surface area contributed by atoms with E-state index in [1.54, 1.807) is 18.7 Å². The molecule has 3 saturated heterocycles. The predicted molar refractivity (Wildman–Crippen MR) is 120 cm³/mol. The SMILES string of the molecule is CC(C)[C@@H]1NC(=O)[C@H]2CCCN2C(=O)[C@@H]2CCCN2C(=O)C[C@H](C(=O)NCCS)NC1=O. The molecule has 4 atom stereocenters. The monoisotopic (exact) mass is 467 g/mol. The fourth-order valence-corrected chi connectivity index (χ4v) is 4.78. The number of fused-ring (bicyclic) bond motifs is 2. The maximum atomic E-state index is 13.3. The lowest BCUT2D eigenvalue weighted by Crippen LogP contribution is -2.58. The Morgan fingerprint density at radius 3 is 2.34 bits per heavy atom. The number of carbonyl (C=O) groups is 5. The van der Waals surface area contributed by atoms with Gasteiger partial charge in [0.25, 0.3) is 0 Å². The van der Waals surface area contributed by atoms with Gasteiger partial charge in [0.2, 0.25) is 29.5 Å². The van der Waals surface area contributed by atoms with Crippen molar-refractivity contribution in [3.63, 3.8) is 0 Å². The largest absolute Gasteiger partial charge is 0.353 e. The zero-order chi connectivity index (χ0) is 23.4. The highest BCUT2D eigenvalue weighted by Gasteiger charge is 2.44. The molecule has 3 fully saturated rings. The van der Waals surface area contributed by atoms with Crippen LogP contribution >= 0.6 is 12.6 Å². The van der Waals surface area contributed by atoms with Crippen molar-refractivity contribution in [1.29, 1.82) is 0 Å². The average Bonchev–Trinajstić information content (AvgIpc) is 3.43. The minimum atomic E-state index is -1.11. The highest BCUT2D eigenvalue weighted by Crippen LogP contribution is 2.26. The summed E-state index contributed by atoms with van der Waals surface area (Å²) >= 11 is 4.08. The first-order valence-electron chi connectivity index (χ1n) is 11.3. The van der Waals surface area contributed by atoms with E-state index in [9.17, 15) is 24.0 Å². The van der Waals surface area contributed by atoms with Crippen molar-refractivity contribution in [3.8, 4) is 0 Å². The summed E-state index contributed by atoms with van der Waals surface area (Å²) in [6, 6.07) is -3.31. The van der Waals surface area contributed by atoms with Crippen LogP contribution in [0.2, 0.25) is 0 Å². The van der Waals surface area contributed by atoms with Gasteiger partial charge in [0.1, 0.15) is 24.2 Å². The molecule has 178 valence electrons. The van der Waals surface area contributed by atoms with Crippen LogP contribution in [0.3, 0.4) is 0 Å². The van der Waals surface area contributed by atoms with Gasteiger partial charge in [-0.15, -0.1) is 0 Å². The lowest BCUT2D eigenvalue weighted by molar-refractivity contribution is -0.147. The van der Waals surface area contributed by atoms with E-state index in [0.717, 1.165) is 0 Å². The molecular weight excluding hydrogens is 434 g/mol. The van der Waals surface area contributed by atoms with Crippen LogP contribution < -0.4 is 16.0 Å². The second-order valence-corrected chi connectivity index (χ2v) is 9.39. The van der Waals surface area contributed by atoms with Crippen LogP contribution in [0.5, 0.6) is 0 Å². The number of amides is 5. The molecule has 3 aliphatic heterocycles. The van der Waals surface area contributed by atoms with Crippen LogP contribution in [0, 0.1) is 5.92 Å². The molecule has 3 aliphatic rings. The first-order valence-corrected chi connectivity index (χ1v) is 12.0. The summed E-state index contributed by atoms with van der Waals surface area (Å²) in [4.78, 5) is 68.3. The van der Waals surface area contributed by atoms with Crippen molar-refractivity contribution in [2.75, 3.05) is 25.4 Å². The van der Waals surface area contributed by atoms with Crippen molar-refractivity contribution in [2.45, 2.75) is 70.1 Å². The zero-order valence-electron chi connectivity index (χ0n) is 18.6. The van der Waals surface area contributed by atoms with Crippen LogP contribution in [-0.4, -0.2) is 88.9 Å². The first-order chi connectivity index (χ1) is 15.2. The Balaban J connectivity index is 1.94. The maximum Gasteiger partial charge on any atom is 0.246 e. The Hall–Kier alpha value is -2.30. The van der Waals surface area contributed by atoms with Crippen LogP contribution in [0.15, 0.2) is 0 Å². The molecular formula is C21H33N5O5S. The summed E-state index contributed by atoms with van der Waals surface area (Å²) in [5.41, 5.74) is 0. The summed E-state index contributed by atoms with van der Waals surface area (Å²) < 4.78 is 0. The summed E-state index contributed by atoms with van der Waals surface area (Å²) in [7, 11) is 0. The fraction of sp³-hybridized carbons (Fsp3) is 0.762. The third-order valence-corrected chi connectivity index (χ3v) is 6.59. The molecule has 0 aromatic carbocycles. The molecule has 0 spiro atoms. The number of hydrogen-bond acceptors (Lipinski definition) is 6. The van der Waals surface area contributed by atoms with E-state index < -0.39 is 36.0 Å². The van der Waals surface area contributed by atoms with E-state index >= 15 is 0 Å². The summed E-state index contributed by atoms with van der Waals surface area (Å²) in [6.45, 7) is 4.72. The van der Waals surface area contributed by atoms with Gasteiger partial charge in [0, 0.05) is 25.4 Å². The van der Waals surface area contributed by atoms with E-state index in [2.05, 4.69) is 28.6 Å². The molecule has 11 heteroatoms. The van der Waals surface area contributed by atoms with Crippen molar-refractivity contribution < 1.29 is 24.0 Å². The molecule has 0 unspecified atom stereocenters. The molecule has 0 aromatic rings. The lowest BCUT2D eigenvalue weighted by Gasteiger charge is -2.31. The van der Waals surface area contributed by atoms with Crippen molar-refractivity contribution in [2.24, 2.45) is 5.92 Å². The second kappa shape index (κ2) is 10.5. The van der Waals surface area contributed by atoms with Crippen LogP contribution in [0.4, 0.5) is 0 Å². The molecule has 3 heterocycles. The highest BCUT2D eigenvalue weighted by atomic mass is 32.1. The summed E-state index contributed by atoms with van der Waals surface area (Å²) in [6.07, 6.45) is 2.14. The van der Waals surface area contributed by atoms with Gasteiger partial charge < -0.3 is 25.8 Å². The Bertz CT molecular complexity index is 766. The van der Waals surface area contributed by atoms with Gasteiger partial charge in [-0.1, -0.05) is 13.8 Å². The van der Waals surface area contributed by atoms with Gasteiger partial charge >= 0.3 is 0 Å². The normalized spacial score (nSPS) is 29.5. The Morgan fingerprint density at radius 2 is 1.69 bits per heavy atom. The molecule has 10 nitrogen and oxygen atoms in total. The van der Waals surface area contributed by atoms with Gasteiger partial charge in [-0.25, -0.2) is 0 Å². The number of carbonyl (C=O) groups excluding carboxylic acids is 5. The highest BCUT2D eigenvalue weighted by molar-refractivity contribution is 7.80. The van der Waals surface area contributed by atoms with Gasteiger partial charge in [-0.2, -0.15) is 12.6 Å². The molecule has 0 radical (unpaired) electrons. The number of rotatable bonds is 4. The molecule has 0 aliphatic carbocycles. The van der Waals surface area contributed by atoms with Gasteiger partial charge in [0.05, 0.1) is 6.42 Å². The number of thiol groups is 1. The first kappa shape index (κ1) is 24.3. The van der Waals surface area contributed by atoms with Gasteiger partial charge in [-0.05, 0) is 31.6 Å². The Morgan fingerprint density at radius 1 is 1.03 bits per heavy atom. The zero-order valence-corrected chi connectivity index (χ0v) is 19.5. The van der Waals surface area contributed by atoms with E-state index in [1.807, 2.05) is 0 Å². The minimum absolute atomic E-state index is 0.232.